The molecule has 0 spiro atoms. The molecule has 0 saturated carbocycles. The van der Waals surface area contributed by atoms with Crippen molar-refractivity contribution in [3.8, 4) is 5.75 Å². The van der Waals surface area contributed by atoms with Crippen LogP contribution in [0.4, 0.5) is 8.78 Å². The van der Waals surface area contributed by atoms with Crippen LogP contribution < -0.4 is 4.74 Å². The van der Waals surface area contributed by atoms with Gasteiger partial charge in [-0.3, -0.25) is 0 Å². The van der Waals surface area contributed by atoms with Crippen LogP contribution in [0.5, 0.6) is 5.75 Å². The second-order valence-corrected chi connectivity index (χ2v) is 5.64. The maximum absolute atomic E-state index is 12.4. The van der Waals surface area contributed by atoms with E-state index >= 15 is 0 Å². The fourth-order valence-electron chi connectivity index (χ4n) is 2.02. The first-order valence-electron chi connectivity index (χ1n) is 6.69. The number of hydrogen-bond acceptors (Lipinski definition) is 5. The molecule has 3 aromatic rings. The van der Waals surface area contributed by atoms with Gasteiger partial charge >= 0.3 is 12.6 Å². The van der Waals surface area contributed by atoms with Crippen molar-refractivity contribution >= 4 is 27.5 Å². The van der Waals surface area contributed by atoms with Gasteiger partial charge in [-0.2, -0.15) is 8.78 Å². The number of nitrogens with zero attached hydrogens (tertiary/aromatic N) is 1. The molecule has 0 atom stereocenters. The molecule has 0 unspecified atom stereocenters. The highest BCUT2D eigenvalue weighted by Gasteiger charge is 2.17. The van der Waals surface area contributed by atoms with Crippen molar-refractivity contribution in [2.24, 2.45) is 0 Å². The summed E-state index contributed by atoms with van der Waals surface area (Å²) in [5.74, 6) is -0.947. The van der Waals surface area contributed by atoms with Crippen molar-refractivity contribution in [3.63, 3.8) is 0 Å². The quantitative estimate of drug-likeness (QED) is 0.654. The van der Waals surface area contributed by atoms with Crippen LogP contribution in [0.25, 0.3) is 10.2 Å². The van der Waals surface area contributed by atoms with E-state index in [2.05, 4.69) is 9.72 Å². The lowest BCUT2D eigenvalue weighted by atomic mass is 10.2. The number of hydrogen-bond donors (Lipinski definition) is 0. The number of carbonyl (C=O) groups is 1. The first-order chi connectivity index (χ1) is 11.1. The number of para-hydroxylation sites is 2. The standard InChI is InChI=1S/C16H11F2NO3S/c17-16(18)22-12-7-3-1-5-10(12)15(20)21-9-14-19-11-6-2-4-8-13(11)23-14/h1-8,16H,9H2. The van der Waals surface area contributed by atoms with Gasteiger partial charge in [-0.25, -0.2) is 9.78 Å². The van der Waals surface area contributed by atoms with E-state index in [1.807, 2.05) is 24.3 Å². The number of alkyl halides is 2. The van der Waals surface area contributed by atoms with Gasteiger partial charge in [-0.1, -0.05) is 24.3 Å². The highest BCUT2D eigenvalue weighted by molar-refractivity contribution is 7.18. The number of rotatable bonds is 5. The lowest BCUT2D eigenvalue weighted by Gasteiger charge is -2.09. The van der Waals surface area contributed by atoms with Gasteiger partial charge in [0.15, 0.2) is 0 Å². The summed E-state index contributed by atoms with van der Waals surface area (Å²) >= 11 is 1.41. The Bertz CT molecular complexity index is 802. The van der Waals surface area contributed by atoms with Gasteiger partial charge in [0.05, 0.1) is 10.2 Å². The topological polar surface area (TPSA) is 48.4 Å². The van der Waals surface area contributed by atoms with Gasteiger partial charge in [0.1, 0.15) is 22.9 Å². The zero-order valence-corrected chi connectivity index (χ0v) is 12.6. The summed E-state index contributed by atoms with van der Waals surface area (Å²) < 4.78 is 35.2. The Labute approximate surface area is 134 Å². The third-order valence-electron chi connectivity index (χ3n) is 2.99. The highest BCUT2D eigenvalue weighted by atomic mass is 32.1. The second kappa shape index (κ2) is 6.70. The summed E-state index contributed by atoms with van der Waals surface area (Å²) in [7, 11) is 0. The average molecular weight is 335 g/mol. The van der Waals surface area contributed by atoms with E-state index in [-0.39, 0.29) is 17.9 Å². The molecule has 2 aromatic carbocycles. The van der Waals surface area contributed by atoms with Crippen LogP contribution in [-0.4, -0.2) is 17.6 Å². The van der Waals surface area contributed by atoms with Crippen LogP contribution in [-0.2, 0) is 11.3 Å². The number of carbonyl (C=O) groups excluding carboxylic acids is 1. The van der Waals surface area contributed by atoms with Gasteiger partial charge in [-0.05, 0) is 24.3 Å². The maximum atomic E-state index is 12.4. The fourth-order valence-corrected chi connectivity index (χ4v) is 2.90. The molecule has 4 nitrogen and oxygen atoms in total. The minimum atomic E-state index is -3.01. The van der Waals surface area contributed by atoms with E-state index < -0.39 is 12.6 Å². The largest absolute Gasteiger partial charge is 0.455 e. The number of fused-ring (bicyclic) bond motifs is 1. The molecule has 118 valence electrons. The summed E-state index contributed by atoms with van der Waals surface area (Å²) in [5.41, 5.74) is 0.777. The van der Waals surface area contributed by atoms with Crippen molar-refractivity contribution in [2.75, 3.05) is 0 Å². The number of benzene rings is 2. The molecular weight excluding hydrogens is 324 g/mol. The van der Waals surface area contributed by atoms with Gasteiger partial charge < -0.3 is 9.47 Å². The predicted octanol–water partition coefficient (Wildman–Crippen LogP) is 4.25. The molecule has 1 aromatic heterocycles. The second-order valence-electron chi connectivity index (χ2n) is 4.53. The van der Waals surface area contributed by atoms with Crippen LogP contribution >= 0.6 is 11.3 Å². The van der Waals surface area contributed by atoms with Gasteiger partial charge in [0.25, 0.3) is 0 Å². The molecular formula is C16H11F2NO3S. The van der Waals surface area contributed by atoms with Gasteiger partial charge in [0, 0.05) is 0 Å². The summed E-state index contributed by atoms with van der Waals surface area (Å²) in [6, 6.07) is 13.3. The first kappa shape index (κ1) is 15.4. The third kappa shape index (κ3) is 3.62. The van der Waals surface area contributed by atoms with Gasteiger partial charge in [-0.15, -0.1) is 11.3 Å². The Morgan fingerprint density at radius 2 is 1.87 bits per heavy atom. The van der Waals surface area contributed by atoms with Crippen molar-refractivity contribution in [1.29, 1.82) is 0 Å². The van der Waals surface area contributed by atoms with Crippen LogP contribution in [0.1, 0.15) is 15.4 Å². The number of halogens is 2. The Morgan fingerprint density at radius 1 is 1.13 bits per heavy atom. The van der Waals surface area contributed by atoms with Gasteiger partial charge in [0.2, 0.25) is 0 Å². The van der Waals surface area contributed by atoms with Crippen LogP contribution in [0.3, 0.4) is 0 Å². The third-order valence-corrected chi connectivity index (χ3v) is 4.00. The number of thiazole rings is 1. The van der Waals surface area contributed by atoms with Crippen molar-refractivity contribution in [1.82, 2.24) is 4.98 Å². The average Bonchev–Trinajstić information content (AvgIpc) is 2.95. The van der Waals surface area contributed by atoms with E-state index in [4.69, 9.17) is 4.74 Å². The fraction of sp³-hybridized carbons (Fsp3) is 0.125. The monoisotopic (exact) mass is 335 g/mol. The Morgan fingerprint density at radius 3 is 2.65 bits per heavy atom. The number of esters is 1. The maximum Gasteiger partial charge on any atom is 0.387 e. The number of ether oxygens (including phenoxy) is 2. The minimum absolute atomic E-state index is 0.0266. The highest BCUT2D eigenvalue weighted by Crippen LogP contribution is 2.24. The van der Waals surface area contributed by atoms with Crippen LogP contribution in [0, 0.1) is 0 Å². The summed E-state index contributed by atoms with van der Waals surface area (Å²) in [5, 5.41) is 0.631. The minimum Gasteiger partial charge on any atom is -0.455 e. The molecule has 0 aliphatic rings. The molecule has 0 fully saturated rings. The Hall–Kier alpha value is -2.54. The molecule has 0 aliphatic heterocycles. The lowest BCUT2D eigenvalue weighted by Crippen LogP contribution is -2.10. The molecule has 0 N–H and O–H groups in total. The number of aromatic nitrogens is 1. The SMILES string of the molecule is O=C(OCc1nc2ccccc2s1)c1ccccc1OC(F)F. The van der Waals surface area contributed by atoms with E-state index in [0.717, 1.165) is 10.2 Å². The smallest absolute Gasteiger partial charge is 0.387 e. The Kier molecular flexibility index (Phi) is 4.47. The molecule has 3 rings (SSSR count). The lowest BCUT2D eigenvalue weighted by molar-refractivity contribution is -0.0504. The summed E-state index contributed by atoms with van der Waals surface area (Å²) in [6.07, 6.45) is 0. The zero-order chi connectivity index (χ0) is 16.2. The molecule has 7 heteroatoms. The first-order valence-corrected chi connectivity index (χ1v) is 7.50. The zero-order valence-electron chi connectivity index (χ0n) is 11.7. The Balaban J connectivity index is 1.72. The predicted molar refractivity (Wildman–Crippen MR) is 81.8 cm³/mol. The molecule has 0 bridgehead atoms. The van der Waals surface area contributed by atoms with Crippen molar-refractivity contribution in [2.45, 2.75) is 13.2 Å². The van der Waals surface area contributed by atoms with E-state index in [1.54, 1.807) is 6.07 Å². The summed E-state index contributed by atoms with van der Waals surface area (Å²) in [6.45, 7) is -3.03. The molecule has 1 heterocycles. The molecule has 0 radical (unpaired) electrons. The molecule has 23 heavy (non-hydrogen) atoms. The van der Waals surface area contributed by atoms with Crippen molar-refractivity contribution < 1.29 is 23.0 Å². The normalized spacial score (nSPS) is 10.9. The van der Waals surface area contributed by atoms with E-state index in [9.17, 15) is 13.6 Å². The molecule has 0 saturated heterocycles. The van der Waals surface area contributed by atoms with E-state index in [0.29, 0.717) is 5.01 Å². The summed E-state index contributed by atoms with van der Waals surface area (Å²) in [4.78, 5) is 16.4. The van der Waals surface area contributed by atoms with Crippen LogP contribution in [0.15, 0.2) is 48.5 Å². The van der Waals surface area contributed by atoms with Crippen LogP contribution in [0.2, 0.25) is 0 Å². The molecule has 0 amide bonds. The van der Waals surface area contributed by atoms with E-state index in [1.165, 1.54) is 29.5 Å². The molecule has 0 aliphatic carbocycles. The van der Waals surface area contributed by atoms with Crippen molar-refractivity contribution in [3.05, 3.63) is 59.1 Å².